The first-order valence-electron chi connectivity index (χ1n) is 5.59. The maximum atomic E-state index is 11.8. The van der Waals surface area contributed by atoms with Crippen LogP contribution in [0.4, 0.5) is 0 Å². The lowest BCUT2D eigenvalue weighted by Crippen LogP contribution is -2.06. The van der Waals surface area contributed by atoms with E-state index in [1.165, 1.54) is 6.07 Å². The number of pyridine rings is 1. The number of thiophene rings is 1. The first-order valence-corrected chi connectivity index (χ1v) is 6.40. The van der Waals surface area contributed by atoms with E-state index in [0.717, 1.165) is 11.3 Å². The summed E-state index contributed by atoms with van der Waals surface area (Å²) in [5.74, 6) is -1.46. The number of carbonyl (C=O) groups is 2. The fourth-order valence-electron chi connectivity index (χ4n) is 1.56. The second kappa shape index (κ2) is 5.62. The maximum Gasteiger partial charge on any atom is 0.345 e. The molecule has 0 saturated heterocycles. The molecule has 0 aliphatic rings. The fraction of sp³-hybridized carbons (Fsp3) is 0.154. The van der Waals surface area contributed by atoms with Crippen LogP contribution in [0.3, 0.4) is 0 Å². The van der Waals surface area contributed by atoms with Gasteiger partial charge in [-0.2, -0.15) is 0 Å². The van der Waals surface area contributed by atoms with Crippen LogP contribution in [0.1, 0.15) is 27.0 Å². The van der Waals surface area contributed by atoms with Crippen LogP contribution in [-0.4, -0.2) is 28.6 Å². The van der Waals surface area contributed by atoms with Crippen molar-refractivity contribution >= 4 is 23.3 Å². The van der Waals surface area contributed by atoms with Crippen molar-refractivity contribution in [3.8, 4) is 10.6 Å². The average molecular weight is 277 g/mol. The van der Waals surface area contributed by atoms with Crippen molar-refractivity contribution < 1.29 is 19.4 Å². The van der Waals surface area contributed by atoms with E-state index in [-0.39, 0.29) is 11.5 Å². The van der Waals surface area contributed by atoms with E-state index in [1.54, 1.807) is 31.3 Å². The van der Waals surface area contributed by atoms with Crippen LogP contribution >= 0.6 is 11.3 Å². The Balaban J connectivity index is 2.43. The third kappa shape index (κ3) is 2.79. The van der Waals surface area contributed by atoms with E-state index in [4.69, 9.17) is 9.84 Å². The van der Waals surface area contributed by atoms with Crippen LogP contribution in [0.2, 0.25) is 0 Å². The Labute approximate surface area is 113 Å². The van der Waals surface area contributed by atoms with Gasteiger partial charge >= 0.3 is 11.9 Å². The van der Waals surface area contributed by atoms with Crippen molar-refractivity contribution in [2.24, 2.45) is 0 Å². The molecule has 0 fully saturated rings. The number of aromatic carboxylic acids is 1. The largest absolute Gasteiger partial charge is 0.477 e. The van der Waals surface area contributed by atoms with E-state index in [2.05, 4.69) is 4.98 Å². The Morgan fingerprint density at radius 2 is 2.16 bits per heavy atom. The summed E-state index contributed by atoms with van der Waals surface area (Å²) in [5, 5.41) is 8.91. The summed E-state index contributed by atoms with van der Waals surface area (Å²) in [6, 6.07) is 6.38. The van der Waals surface area contributed by atoms with E-state index in [0.29, 0.717) is 16.1 Å². The minimum absolute atomic E-state index is 0.204. The van der Waals surface area contributed by atoms with Gasteiger partial charge in [-0.3, -0.25) is 4.98 Å². The molecule has 0 aliphatic carbocycles. The molecule has 0 spiro atoms. The highest BCUT2D eigenvalue weighted by atomic mass is 32.1. The zero-order chi connectivity index (χ0) is 13.8. The number of carboxylic acid groups (broad SMARTS) is 1. The molecule has 0 unspecified atom stereocenters. The van der Waals surface area contributed by atoms with Crippen molar-refractivity contribution in [2.75, 3.05) is 6.61 Å². The van der Waals surface area contributed by atoms with Crippen LogP contribution in [0.25, 0.3) is 10.6 Å². The Morgan fingerprint density at radius 3 is 2.79 bits per heavy atom. The molecule has 0 aromatic carbocycles. The molecule has 19 heavy (non-hydrogen) atoms. The Morgan fingerprint density at radius 1 is 1.37 bits per heavy atom. The molecule has 0 atom stereocenters. The van der Waals surface area contributed by atoms with Crippen molar-refractivity contribution in [1.29, 1.82) is 0 Å². The number of carbonyl (C=O) groups excluding carboxylic acids is 1. The third-order valence-corrected chi connectivity index (χ3v) is 3.43. The van der Waals surface area contributed by atoms with Gasteiger partial charge in [0.25, 0.3) is 0 Å². The maximum absolute atomic E-state index is 11.8. The first-order chi connectivity index (χ1) is 9.13. The first kappa shape index (κ1) is 13.2. The summed E-state index contributed by atoms with van der Waals surface area (Å²) in [5.41, 5.74) is 0.779. The van der Waals surface area contributed by atoms with Gasteiger partial charge in [0.15, 0.2) is 0 Å². The zero-order valence-corrected chi connectivity index (χ0v) is 10.9. The SMILES string of the molecule is CCOC(=O)c1cccnc1-c1ccc(C(=O)O)s1. The van der Waals surface area contributed by atoms with Crippen molar-refractivity contribution in [2.45, 2.75) is 6.92 Å². The molecule has 1 N–H and O–H groups in total. The topological polar surface area (TPSA) is 76.5 Å². The molecule has 0 amide bonds. The summed E-state index contributed by atoms with van der Waals surface area (Å²) >= 11 is 1.07. The second-order valence-corrected chi connectivity index (χ2v) is 4.67. The highest BCUT2D eigenvalue weighted by Crippen LogP contribution is 2.29. The predicted octanol–water partition coefficient (Wildman–Crippen LogP) is 2.69. The lowest BCUT2D eigenvalue weighted by atomic mass is 10.1. The summed E-state index contributed by atoms with van der Waals surface area (Å²) in [7, 11) is 0. The number of hydrogen-bond donors (Lipinski definition) is 1. The lowest BCUT2D eigenvalue weighted by molar-refractivity contribution is 0.0526. The van der Waals surface area contributed by atoms with Gasteiger partial charge in [-0.25, -0.2) is 9.59 Å². The predicted molar refractivity (Wildman–Crippen MR) is 70.5 cm³/mol. The Bertz CT molecular complexity index is 621. The van der Waals surface area contributed by atoms with E-state index in [9.17, 15) is 9.59 Å². The van der Waals surface area contributed by atoms with Gasteiger partial charge in [0.1, 0.15) is 4.88 Å². The molecular formula is C13H11NO4S. The quantitative estimate of drug-likeness (QED) is 0.869. The number of aromatic nitrogens is 1. The smallest absolute Gasteiger partial charge is 0.345 e. The highest BCUT2D eigenvalue weighted by Gasteiger charge is 2.17. The summed E-state index contributed by atoms with van der Waals surface area (Å²) in [6.07, 6.45) is 1.55. The van der Waals surface area contributed by atoms with Gasteiger partial charge in [-0.05, 0) is 31.2 Å². The van der Waals surface area contributed by atoms with Gasteiger partial charge in [-0.15, -0.1) is 11.3 Å². The molecule has 0 aliphatic heterocycles. The molecule has 98 valence electrons. The molecular weight excluding hydrogens is 266 g/mol. The van der Waals surface area contributed by atoms with Crippen LogP contribution < -0.4 is 0 Å². The molecule has 0 bridgehead atoms. The van der Waals surface area contributed by atoms with Gasteiger partial charge in [0, 0.05) is 6.20 Å². The van der Waals surface area contributed by atoms with E-state index in [1.807, 2.05) is 0 Å². The van der Waals surface area contributed by atoms with Gasteiger partial charge in [-0.1, -0.05) is 0 Å². The van der Waals surface area contributed by atoms with Crippen molar-refractivity contribution in [3.05, 3.63) is 40.9 Å². The number of hydrogen-bond acceptors (Lipinski definition) is 5. The summed E-state index contributed by atoms with van der Waals surface area (Å²) in [4.78, 5) is 27.6. The molecule has 0 radical (unpaired) electrons. The fourth-order valence-corrected chi connectivity index (χ4v) is 2.41. The van der Waals surface area contributed by atoms with Crippen LogP contribution in [0.5, 0.6) is 0 Å². The molecule has 2 rings (SSSR count). The average Bonchev–Trinajstić information content (AvgIpc) is 2.88. The summed E-state index contributed by atoms with van der Waals surface area (Å²) < 4.78 is 4.95. The minimum atomic E-state index is -0.995. The molecule has 6 heteroatoms. The summed E-state index contributed by atoms with van der Waals surface area (Å²) in [6.45, 7) is 2.00. The Kier molecular flexibility index (Phi) is 3.91. The van der Waals surface area contributed by atoms with Crippen LogP contribution in [0, 0.1) is 0 Å². The Hall–Kier alpha value is -2.21. The highest BCUT2D eigenvalue weighted by molar-refractivity contribution is 7.17. The van der Waals surface area contributed by atoms with E-state index >= 15 is 0 Å². The third-order valence-electron chi connectivity index (χ3n) is 2.35. The number of rotatable bonds is 4. The van der Waals surface area contributed by atoms with Gasteiger partial charge in [0.05, 0.1) is 22.7 Å². The molecule has 2 aromatic rings. The molecule has 5 nitrogen and oxygen atoms in total. The normalized spacial score (nSPS) is 10.2. The van der Waals surface area contributed by atoms with Crippen molar-refractivity contribution in [1.82, 2.24) is 4.98 Å². The molecule has 0 saturated carbocycles. The number of carboxylic acids is 1. The minimum Gasteiger partial charge on any atom is -0.477 e. The number of ether oxygens (including phenoxy) is 1. The lowest BCUT2D eigenvalue weighted by Gasteiger charge is -2.05. The monoisotopic (exact) mass is 277 g/mol. The second-order valence-electron chi connectivity index (χ2n) is 3.59. The van der Waals surface area contributed by atoms with Crippen LogP contribution in [-0.2, 0) is 4.74 Å². The standard InChI is InChI=1S/C13H11NO4S/c1-2-18-13(17)8-4-3-7-14-11(8)9-5-6-10(19-9)12(15)16/h3-7H,2H2,1H3,(H,15,16). The van der Waals surface area contributed by atoms with Crippen LogP contribution in [0.15, 0.2) is 30.5 Å². The van der Waals surface area contributed by atoms with E-state index < -0.39 is 11.9 Å². The van der Waals surface area contributed by atoms with Crippen molar-refractivity contribution in [3.63, 3.8) is 0 Å². The van der Waals surface area contributed by atoms with Gasteiger partial charge in [0.2, 0.25) is 0 Å². The number of nitrogens with zero attached hydrogens (tertiary/aromatic N) is 1. The number of esters is 1. The molecule has 2 heterocycles. The molecule has 2 aromatic heterocycles. The zero-order valence-electron chi connectivity index (χ0n) is 10.1. The van der Waals surface area contributed by atoms with Gasteiger partial charge < -0.3 is 9.84 Å².